The van der Waals surface area contributed by atoms with Crippen LogP contribution in [0.25, 0.3) is 0 Å². The van der Waals surface area contributed by atoms with Crippen LogP contribution >= 0.6 is 0 Å². The van der Waals surface area contributed by atoms with Gasteiger partial charge in [-0.25, -0.2) is 0 Å². The normalized spacial score (nSPS) is 53.6. The van der Waals surface area contributed by atoms with E-state index in [2.05, 4.69) is 20.8 Å². The smallest absolute Gasteiger partial charge is 0.173 e. The average molecular weight is 210 g/mol. The predicted octanol–water partition coefficient (Wildman–Crippen LogP) is 2.56. The van der Waals surface area contributed by atoms with E-state index in [4.69, 9.17) is 4.74 Å². The lowest BCUT2D eigenvalue weighted by Crippen LogP contribution is -2.48. The molecule has 1 N–H and O–H groups in total. The SMILES string of the molecule is CC(C)(C)[C@@]1(O)O[C@@H]2CC[C@@H]3CC[C@H]1[C@@H]32. The Hall–Kier alpha value is -0.0800. The molecular weight excluding hydrogens is 188 g/mol. The van der Waals surface area contributed by atoms with Crippen LogP contribution in [0.15, 0.2) is 0 Å². The Kier molecular flexibility index (Phi) is 1.87. The molecule has 0 radical (unpaired) electrons. The molecule has 3 rings (SSSR count). The van der Waals surface area contributed by atoms with Crippen molar-refractivity contribution in [2.24, 2.45) is 23.2 Å². The van der Waals surface area contributed by atoms with Crippen LogP contribution in [0, 0.1) is 23.2 Å². The van der Waals surface area contributed by atoms with Crippen LogP contribution in [0.4, 0.5) is 0 Å². The third-order valence-electron chi connectivity index (χ3n) is 5.02. The molecule has 0 amide bonds. The van der Waals surface area contributed by atoms with Crippen molar-refractivity contribution in [2.45, 2.75) is 58.3 Å². The van der Waals surface area contributed by atoms with Crippen LogP contribution in [-0.2, 0) is 4.74 Å². The van der Waals surface area contributed by atoms with Crippen LogP contribution in [0.2, 0.25) is 0 Å². The Labute approximate surface area is 92.0 Å². The van der Waals surface area contributed by atoms with Crippen molar-refractivity contribution >= 4 is 0 Å². The van der Waals surface area contributed by atoms with E-state index in [-0.39, 0.29) is 5.41 Å². The number of ether oxygens (including phenoxy) is 1. The highest BCUT2D eigenvalue weighted by Gasteiger charge is 2.64. The lowest BCUT2D eigenvalue weighted by molar-refractivity contribution is -0.269. The highest BCUT2D eigenvalue weighted by atomic mass is 16.6. The first-order valence-electron chi connectivity index (χ1n) is 6.34. The van der Waals surface area contributed by atoms with Gasteiger partial charge in [-0.15, -0.1) is 0 Å². The second kappa shape index (κ2) is 2.78. The van der Waals surface area contributed by atoms with E-state index in [0.717, 1.165) is 5.92 Å². The number of hydrogen-bond acceptors (Lipinski definition) is 2. The van der Waals surface area contributed by atoms with Gasteiger partial charge in [0.2, 0.25) is 0 Å². The van der Waals surface area contributed by atoms with Crippen molar-refractivity contribution in [3.05, 3.63) is 0 Å². The van der Waals surface area contributed by atoms with Crippen LogP contribution < -0.4 is 0 Å². The fourth-order valence-corrected chi connectivity index (χ4v) is 4.22. The van der Waals surface area contributed by atoms with E-state index in [1.54, 1.807) is 0 Å². The fourth-order valence-electron chi connectivity index (χ4n) is 4.22. The van der Waals surface area contributed by atoms with Gasteiger partial charge in [0.05, 0.1) is 6.10 Å². The molecule has 2 aliphatic carbocycles. The molecule has 0 unspecified atom stereocenters. The maximum atomic E-state index is 10.8. The van der Waals surface area contributed by atoms with E-state index < -0.39 is 5.79 Å². The zero-order valence-corrected chi connectivity index (χ0v) is 9.99. The molecule has 2 saturated carbocycles. The second-order valence-corrected chi connectivity index (χ2v) is 6.70. The average Bonchev–Trinajstić information content (AvgIpc) is 2.68. The standard InChI is InChI=1S/C13H22O2/c1-12(2,3)13(14)9-6-4-8-5-7-10(15-13)11(8)9/h8-11,14H,4-7H2,1-3H3/t8-,9-,10+,11+,13-/m0/s1. The Morgan fingerprint density at radius 1 is 1.13 bits per heavy atom. The fraction of sp³-hybridized carbons (Fsp3) is 1.00. The molecule has 15 heavy (non-hydrogen) atoms. The number of rotatable bonds is 0. The molecule has 5 atom stereocenters. The second-order valence-electron chi connectivity index (χ2n) is 6.70. The minimum absolute atomic E-state index is 0.156. The zero-order chi connectivity index (χ0) is 10.8. The lowest BCUT2D eigenvalue weighted by Gasteiger charge is -2.40. The monoisotopic (exact) mass is 210 g/mol. The molecule has 1 aliphatic heterocycles. The molecule has 1 saturated heterocycles. The molecular formula is C13H22O2. The third kappa shape index (κ3) is 1.13. The van der Waals surface area contributed by atoms with Crippen LogP contribution in [0.3, 0.4) is 0 Å². The summed E-state index contributed by atoms with van der Waals surface area (Å²) < 4.78 is 6.03. The van der Waals surface area contributed by atoms with Gasteiger partial charge in [0.25, 0.3) is 0 Å². The summed E-state index contributed by atoms with van der Waals surface area (Å²) in [5, 5.41) is 10.8. The van der Waals surface area contributed by atoms with Crippen molar-refractivity contribution in [1.82, 2.24) is 0 Å². The highest BCUT2D eigenvalue weighted by molar-refractivity contribution is 5.08. The maximum Gasteiger partial charge on any atom is 0.173 e. The van der Waals surface area contributed by atoms with E-state index in [0.29, 0.717) is 17.9 Å². The van der Waals surface area contributed by atoms with Gasteiger partial charge < -0.3 is 9.84 Å². The van der Waals surface area contributed by atoms with E-state index >= 15 is 0 Å². The molecule has 0 bridgehead atoms. The summed E-state index contributed by atoms with van der Waals surface area (Å²) in [6.07, 6.45) is 5.33. The molecule has 0 aromatic rings. The predicted molar refractivity (Wildman–Crippen MR) is 58.2 cm³/mol. The summed E-state index contributed by atoms with van der Waals surface area (Å²) >= 11 is 0. The Balaban J connectivity index is 1.96. The molecule has 1 heterocycles. The van der Waals surface area contributed by atoms with Gasteiger partial charge in [-0.2, -0.15) is 0 Å². The Bertz CT molecular complexity index is 281. The minimum Gasteiger partial charge on any atom is -0.365 e. The largest absolute Gasteiger partial charge is 0.365 e. The summed E-state index contributed by atoms with van der Waals surface area (Å²) in [7, 11) is 0. The summed E-state index contributed by atoms with van der Waals surface area (Å²) in [5.41, 5.74) is -0.156. The molecule has 3 fully saturated rings. The molecule has 86 valence electrons. The number of aliphatic hydroxyl groups is 1. The third-order valence-corrected chi connectivity index (χ3v) is 5.02. The summed E-state index contributed by atoms with van der Waals surface area (Å²) in [6.45, 7) is 6.30. The zero-order valence-electron chi connectivity index (χ0n) is 9.99. The topological polar surface area (TPSA) is 29.5 Å². The summed E-state index contributed by atoms with van der Waals surface area (Å²) in [6, 6.07) is 0. The van der Waals surface area contributed by atoms with Crippen molar-refractivity contribution in [3.8, 4) is 0 Å². The lowest BCUT2D eigenvalue weighted by atomic mass is 9.75. The van der Waals surface area contributed by atoms with Gasteiger partial charge >= 0.3 is 0 Å². The summed E-state index contributed by atoms with van der Waals surface area (Å²) in [5.74, 6) is 1.04. The molecule has 0 aromatic heterocycles. The van der Waals surface area contributed by atoms with Crippen molar-refractivity contribution < 1.29 is 9.84 Å². The van der Waals surface area contributed by atoms with Gasteiger partial charge in [0, 0.05) is 11.3 Å². The van der Waals surface area contributed by atoms with Crippen molar-refractivity contribution in [1.29, 1.82) is 0 Å². The quantitative estimate of drug-likeness (QED) is 0.666. The van der Waals surface area contributed by atoms with Crippen molar-refractivity contribution in [3.63, 3.8) is 0 Å². The maximum absolute atomic E-state index is 10.8. The van der Waals surface area contributed by atoms with Crippen LogP contribution in [0.5, 0.6) is 0 Å². The van der Waals surface area contributed by atoms with Crippen LogP contribution in [0.1, 0.15) is 46.5 Å². The molecule has 0 aromatic carbocycles. The van der Waals surface area contributed by atoms with Crippen molar-refractivity contribution in [2.75, 3.05) is 0 Å². The van der Waals surface area contributed by atoms with E-state index in [9.17, 15) is 5.11 Å². The molecule has 2 nitrogen and oxygen atoms in total. The first-order chi connectivity index (χ1) is 6.93. The highest BCUT2D eigenvalue weighted by Crippen LogP contribution is 2.61. The van der Waals surface area contributed by atoms with E-state index in [1.165, 1.54) is 25.7 Å². The number of hydrogen-bond donors (Lipinski definition) is 1. The van der Waals surface area contributed by atoms with Gasteiger partial charge in [-0.3, -0.25) is 0 Å². The van der Waals surface area contributed by atoms with Crippen LogP contribution in [-0.4, -0.2) is 17.0 Å². The van der Waals surface area contributed by atoms with Gasteiger partial charge in [0.1, 0.15) is 0 Å². The first kappa shape index (κ1) is 10.1. The summed E-state index contributed by atoms with van der Waals surface area (Å²) in [4.78, 5) is 0. The molecule has 0 spiro atoms. The first-order valence-corrected chi connectivity index (χ1v) is 6.34. The van der Waals surface area contributed by atoms with Gasteiger partial charge in [-0.05, 0) is 37.5 Å². The van der Waals surface area contributed by atoms with Gasteiger partial charge in [0.15, 0.2) is 5.79 Å². The van der Waals surface area contributed by atoms with Gasteiger partial charge in [-0.1, -0.05) is 20.8 Å². The Morgan fingerprint density at radius 2 is 1.80 bits per heavy atom. The molecule has 3 aliphatic rings. The Morgan fingerprint density at radius 3 is 2.47 bits per heavy atom. The molecule has 2 heteroatoms. The minimum atomic E-state index is -0.864. The van der Waals surface area contributed by atoms with E-state index in [1.807, 2.05) is 0 Å².